The van der Waals surface area contributed by atoms with Crippen LogP contribution in [0, 0.1) is 0 Å². The second kappa shape index (κ2) is 5.23. The van der Waals surface area contributed by atoms with Gasteiger partial charge in [-0.15, -0.1) is 0 Å². The average molecular weight is 265 g/mol. The maximum absolute atomic E-state index is 11.4. The van der Waals surface area contributed by atoms with Crippen LogP contribution in [0.3, 0.4) is 0 Å². The Bertz CT molecular complexity index is 548. The van der Waals surface area contributed by atoms with Gasteiger partial charge in [-0.3, -0.25) is 4.79 Å². The summed E-state index contributed by atoms with van der Waals surface area (Å²) in [7, 11) is 0. The molecule has 1 aromatic carbocycles. The standard InChI is InChI=1S/C13H13ClN2O2/c1-9(13-7-8-15-16(13)10(2)17)18-12-5-3-11(14)4-6-12/h3-9H,1-2H3/t9-/m1/s1. The number of benzene rings is 1. The number of aromatic nitrogens is 2. The molecule has 0 amide bonds. The van der Waals surface area contributed by atoms with Crippen molar-refractivity contribution < 1.29 is 9.53 Å². The van der Waals surface area contributed by atoms with Crippen LogP contribution in [0.15, 0.2) is 36.5 Å². The molecule has 0 aliphatic heterocycles. The molecular formula is C13H13ClN2O2. The van der Waals surface area contributed by atoms with Crippen molar-refractivity contribution in [3.8, 4) is 5.75 Å². The maximum atomic E-state index is 11.4. The summed E-state index contributed by atoms with van der Waals surface area (Å²) in [5.41, 5.74) is 0.720. The van der Waals surface area contributed by atoms with Gasteiger partial charge in [0.2, 0.25) is 5.91 Å². The largest absolute Gasteiger partial charge is 0.484 e. The van der Waals surface area contributed by atoms with E-state index in [1.165, 1.54) is 11.6 Å². The molecule has 5 heteroatoms. The van der Waals surface area contributed by atoms with Gasteiger partial charge in [0.05, 0.1) is 5.69 Å². The molecule has 1 aromatic heterocycles. The molecule has 0 aliphatic carbocycles. The van der Waals surface area contributed by atoms with Crippen LogP contribution < -0.4 is 4.74 Å². The van der Waals surface area contributed by atoms with Crippen LogP contribution in [0.2, 0.25) is 5.02 Å². The predicted molar refractivity (Wildman–Crippen MR) is 69.0 cm³/mol. The Kier molecular flexibility index (Phi) is 3.67. The molecule has 18 heavy (non-hydrogen) atoms. The van der Waals surface area contributed by atoms with Crippen LogP contribution in [0.1, 0.15) is 30.4 Å². The first-order valence-corrected chi connectivity index (χ1v) is 5.93. The van der Waals surface area contributed by atoms with Crippen LogP contribution in [-0.2, 0) is 0 Å². The summed E-state index contributed by atoms with van der Waals surface area (Å²) in [5, 5.41) is 4.61. The van der Waals surface area contributed by atoms with Gasteiger partial charge in [0.25, 0.3) is 0 Å². The van der Waals surface area contributed by atoms with Crippen molar-refractivity contribution >= 4 is 17.5 Å². The number of halogens is 1. The minimum Gasteiger partial charge on any atom is -0.484 e. The minimum atomic E-state index is -0.266. The highest BCUT2D eigenvalue weighted by Crippen LogP contribution is 2.22. The van der Waals surface area contributed by atoms with Gasteiger partial charge >= 0.3 is 0 Å². The van der Waals surface area contributed by atoms with E-state index in [4.69, 9.17) is 16.3 Å². The van der Waals surface area contributed by atoms with Crippen molar-refractivity contribution in [2.45, 2.75) is 20.0 Å². The Hall–Kier alpha value is -1.81. The fourth-order valence-electron chi connectivity index (χ4n) is 1.66. The van der Waals surface area contributed by atoms with E-state index in [0.717, 1.165) is 5.69 Å². The van der Waals surface area contributed by atoms with E-state index in [9.17, 15) is 4.79 Å². The molecule has 1 heterocycles. The van der Waals surface area contributed by atoms with Crippen molar-refractivity contribution in [3.05, 3.63) is 47.2 Å². The number of hydrogen-bond donors (Lipinski definition) is 0. The Labute approximate surface area is 110 Å². The Morgan fingerprint density at radius 3 is 2.61 bits per heavy atom. The smallest absolute Gasteiger partial charge is 0.244 e. The number of hydrogen-bond acceptors (Lipinski definition) is 3. The molecule has 0 N–H and O–H groups in total. The van der Waals surface area contributed by atoms with Crippen LogP contribution in [-0.4, -0.2) is 15.7 Å². The topological polar surface area (TPSA) is 44.1 Å². The molecule has 2 rings (SSSR count). The van der Waals surface area contributed by atoms with Gasteiger partial charge in [-0.05, 0) is 37.3 Å². The van der Waals surface area contributed by atoms with Crippen molar-refractivity contribution in [2.24, 2.45) is 0 Å². The molecule has 0 saturated heterocycles. The van der Waals surface area contributed by atoms with Crippen molar-refractivity contribution in [1.82, 2.24) is 9.78 Å². The SMILES string of the molecule is CC(=O)n1nccc1[C@@H](C)Oc1ccc(Cl)cc1. The lowest BCUT2D eigenvalue weighted by atomic mass is 10.2. The molecule has 0 fully saturated rings. The number of carbonyl (C=O) groups excluding carboxylic acids is 1. The van der Waals surface area contributed by atoms with Crippen molar-refractivity contribution in [3.63, 3.8) is 0 Å². The van der Waals surface area contributed by atoms with Crippen molar-refractivity contribution in [2.75, 3.05) is 0 Å². The molecule has 2 aromatic rings. The molecule has 0 saturated carbocycles. The summed E-state index contributed by atoms with van der Waals surface area (Å²) in [5.74, 6) is 0.560. The summed E-state index contributed by atoms with van der Waals surface area (Å²) >= 11 is 5.80. The van der Waals surface area contributed by atoms with E-state index in [0.29, 0.717) is 10.8 Å². The lowest BCUT2D eigenvalue weighted by Gasteiger charge is -2.15. The third kappa shape index (κ3) is 2.71. The molecule has 0 spiro atoms. The molecule has 4 nitrogen and oxygen atoms in total. The molecule has 0 radical (unpaired) electrons. The molecule has 1 atom stereocenters. The Morgan fingerprint density at radius 2 is 2.00 bits per heavy atom. The first kappa shape index (κ1) is 12.6. The number of carbonyl (C=O) groups is 1. The van der Waals surface area contributed by atoms with Crippen LogP contribution in [0.25, 0.3) is 0 Å². The highest BCUT2D eigenvalue weighted by Gasteiger charge is 2.15. The normalized spacial score (nSPS) is 12.2. The van der Waals surface area contributed by atoms with Gasteiger partial charge in [0.15, 0.2) is 0 Å². The molecule has 0 bridgehead atoms. The average Bonchev–Trinajstić information content (AvgIpc) is 2.81. The number of ether oxygens (including phenoxy) is 1. The zero-order valence-electron chi connectivity index (χ0n) is 10.1. The molecular weight excluding hydrogens is 252 g/mol. The lowest BCUT2D eigenvalue weighted by Crippen LogP contribution is -2.16. The number of rotatable bonds is 3. The van der Waals surface area contributed by atoms with E-state index in [1.807, 2.05) is 6.92 Å². The summed E-state index contributed by atoms with van der Waals surface area (Å²) in [4.78, 5) is 11.4. The Morgan fingerprint density at radius 1 is 1.33 bits per heavy atom. The summed E-state index contributed by atoms with van der Waals surface area (Å²) < 4.78 is 7.07. The van der Waals surface area contributed by atoms with E-state index in [1.54, 1.807) is 36.5 Å². The van der Waals surface area contributed by atoms with Gasteiger partial charge in [0, 0.05) is 18.1 Å². The first-order valence-electron chi connectivity index (χ1n) is 5.55. The van der Waals surface area contributed by atoms with Crippen LogP contribution in [0.4, 0.5) is 0 Å². The van der Waals surface area contributed by atoms with Gasteiger partial charge in [-0.2, -0.15) is 5.10 Å². The fourth-order valence-corrected chi connectivity index (χ4v) is 1.79. The zero-order chi connectivity index (χ0) is 13.1. The monoisotopic (exact) mass is 264 g/mol. The third-order valence-electron chi connectivity index (χ3n) is 2.51. The second-order valence-electron chi connectivity index (χ2n) is 3.90. The van der Waals surface area contributed by atoms with Crippen molar-refractivity contribution in [1.29, 1.82) is 0 Å². The van der Waals surface area contributed by atoms with Crippen LogP contribution in [0.5, 0.6) is 5.75 Å². The van der Waals surface area contributed by atoms with Gasteiger partial charge in [-0.1, -0.05) is 11.6 Å². The summed E-state index contributed by atoms with van der Waals surface area (Å²) in [6.45, 7) is 3.33. The zero-order valence-corrected chi connectivity index (χ0v) is 10.9. The van der Waals surface area contributed by atoms with Crippen LogP contribution >= 0.6 is 11.6 Å². The first-order chi connectivity index (χ1) is 8.58. The molecule has 94 valence electrons. The summed E-state index contributed by atoms with van der Waals surface area (Å²) in [6, 6.07) is 8.85. The lowest BCUT2D eigenvalue weighted by molar-refractivity contribution is 0.0904. The third-order valence-corrected chi connectivity index (χ3v) is 2.77. The minimum absolute atomic E-state index is 0.137. The highest BCUT2D eigenvalue weighted by atomic mass is 35.5. The van der Waals surface area contributed by atoms with E-state index in [-0.39, 0.29) is 12.0 Å². The Balaban J connectivity index is 2.16. The quantitative estimate of drug-likeness (QED) is 0.854. The van der Waals surface area contributed by atoms with E-state index < -0.39 is 0 Å². The van der Waals surface area contributed by atoms with E-state index in [2.05, 4.69) is 5.10 Å². The van der Waals surface area contributed by atoms with E-state index >= 15 is 0 Å². The van der Waals surface area contributed by atoms with Gasteiger partial charge in [0.1, 0.15) is 11.9 Å². The molecule has 0 unspecified atom stereocenters. The number of nitrogens with zero attached hydrogens (tertiary/aromatic N) is 2. The fraction of sp³-hybridized carbons (Fsp3) is 0.231. The maximum Gasteiger partial charge on any atom is 0.244 e. The second-order valence-corrected chi connectivity index (χ2v) is 4.34. The van der Waals surface area contributed by atoms with Gasteiger partial charge in [-0.25, -0.2) is 4.68 Å². The van der Waals surface area contributed by atoms with Gasteiger partial charge < -0.3 is 4.74 Å². The highest BCUT2D eigenvalue weighted by molar-refractivity contribution is 6.30. The molecule has 0 aliphatic rings. The predicted octanol–water partition coefficient (Wildman–Crippen LogP) is 3.34. The summed E-state index contributed by atoms with van der Waals surface area (Å²) in [6.07, 6.45) is 1.32.